The Labute approximate surface area is 187 Å². The van der Waals surface area contributed by atoms with Crippen molar-refractivity contribution < 1.29 is 17.6 Å². The van der Waals surface area contributed by atoms with E-state index in [9.17, 15) is 22.4 Å². The largest absolute Gasteiger partial charge is 0.345 e. The molecule has 0 unspecified atom stereocenters. The van der Waals surface area contributed by atoms with Crippen molar-refractivity contribution in [1.29, 1.82) is 0 Å². The van der Waals surface area contributed by atoms with Crippen LogP contribution in [0.1, 0.15) is 0 Å². The predicted molar refractivity (Wildman–Crippen MR) is 117 cm³/mol. The summed E-state index contributed by atoms with van der Waals surface area (Å²) in [6.07, 6.45) is 4.26. The van der Waals surface area contributed by atoms with Gasteiger partial charge in [-0.15, -0.1) is 0 Å². The lowest BCUT2D eigenvalue weighted by atomic mass is 10.2. The van der Waals surface area contributed by atoms with Crippen LogP contribution >= 0.6 is 0 Å². The van der Waals surface area contributed by atoms with Crippen molar-refractivity contribution in [2.75, 3.05) is 26.2 Å². The summed E-state index contributed by atoms with van der Waals surface area (Å²) >= 11 is 0. The lowest BCUT2D eigenvalue weighted by Crippen LogP contribution is -2.51. The van der Waals surface area contributed by atoms with Gasteiger partial charge in [-0.25, -0.2) is 22.8 Å². The fraction of sp³-hybridized carbons (Fsp3) is 0.238. The Morgan fingerprint density at radius 1 is 1.09 bits per heavy atom. The molecular weight excluding hydrogens is 451 g/mol. The number of hydrogen-bond acceptors (Lipinski definition) is 6. The maximum atomic E-state index is 13.5. The number of fused-ring (bicyclic) bond motifs is 2. The molecule has 10 nitrogen and oxygen atoms in total. The molecule has 1 fully saturated rings. The van der Waals surface area contributed by atoms with Crippen LogP contribution in [0.3, 0.4) is 0 Å². The Kier molecular flexibility index (Phi) is 5.17. The van der Waals surface area contributed by atoms with Crippen molar-refractivity contribution in [1.82, 2.24) is 28.7 Å². The fourth-order valence-electron chi connectivity index (χ4n) is 3.95. The summed E-state index contributed by atoms with van der Waals surface area (Å²) in [5, 5.41) is 0.602. The second-order valence-electron chi connectivity index (χ2n) is 7.68. The first-order valence-corrected chi connectivity index (χ1v) is 11.6. The number of nitrogens with one attached hydrogen (secondary N) is 1. The summed E-state index contributed by atoms with van der Waals surface area (Å²) in [7, 11) is -3.77. The fourth-order valence-corrected chi connectivity index (χ4v) is 5.52. The molecule has 5 rings (SSSR count). The highest BCUT2D eigenvalue weighted by Crippen LogP contribution is 2.25. The second kappa shape index (κ2) is 8.05. The first-order valence-electron chi connectivity index (χ1n) is 10.2. The average Bonchev–Trinajstić information content (AvgIpc) is 3.26. The third-order valence-electron chi connectivity index (χ3n) is 5.71. The van der Waals surface area contributed by atoms with Crippen LogP contribution in [0, 0.1) is 5.82 Å². The highest BCUT2D eigenvalue weighted by atomic mass is 32.2. The predicted octanol–water partition coefficient (Wildman–Crippen LogP) is 0.945. The molecule has 170 valence electrons. The summed E-state index contributed by atoms with van der Waals surface area (Å²) in [5.41, 5.74) is 0.317. The van der Waals surface area contributed by atoms with E-state index in [1.807, 2.05) is 0 Å². The van der Waals surface area contributed by atoms with E-state index in [4.69, 9.17) is 0 Å². The molecule has 0 atom stereocenters. The summed E-state index contributed by atoms with van der Waals surface area (Å²) in [6, 6.07) is 7.07. The average molecular weight is 470 g/mol. The number of sulfonamides is 1. The van der Waals surface area contributed by atoms with E-state index in [1.165, 1.54) is 33.9 Å². The summed E-state index contributed by atoms with van der Waals surface area (Å²) < 4.78 is 42.2. The zero-order valence-corrected chi connectivity index (χ0v) is 18.1. The number of aromatic nitrogens is 4. The number of amides is 1. The molecular formula is C21H19FN6O4S. The standard InChI is InChI=1S/C21H19FN6O4S/c22-14-3-4-17-16(10-14)21(30)27(13-25-17)12-19(29)26-6-8-28(9-7-26)33(31,32)18-11-24-20-15(18)2-1-5-23-20/h1-5,10-11,13H,6-9,12H2,(H,23,24). The minimum atomic E-state index is -3.77. The maximum Gasteiger partial charge on any atom is 0.261 e. The Balaban J connectivity index is 1.29. The molecule has 1 aliphatic rings. The van der Waals surface area contributed by atoms with Gasteiger partial charge in [-0.05, 0) is 30.3 Å². The van der Waals surface area contributed by atoms with Crippen molar-refractivity contribution >= 4 is 37.9 Å². The molecule has 0 bridgehead atoms. The molecule has 1 N–H and O–H groups in total. The Hall–Kier alpha value is -3.64. The number of pyridine rings is 1. The first-order chi connectivity index (χ1) is 15.8. The van der Waals surface area contributed by atoms with Crippen molar-refractivity contribution in [3.05, 3.63) is 65.2 Å². The summed E-state index contributed by atoms with van der Waals surface area (Å²) in [5.74, 6) is -0.906. The number of nitrogens with zero attached hydrogens (tertiary/aromatic N) is 5. The highest BCUT2D eigenvalue weighted by molar-refractivity contribution is 7.89. The van der Waals surface area contributed by atoms with Gasteiger partial charge >= 0.3 is 0 Å². The van der Waals surface area contributed by atoms with E-state index >= 15 is 0 Å². The van der Waals surface area contributed by atoms with Crippen LogP contribution < -0.4 is 5.56 Å². The van der Waals surface area contributed by atoms with Gasteiger partial charge in [0, 0.05) is 44.0 Å². The van der Waals surface area contributed by atoms with E-state index in [1.54, 1.807) is 18.3 Å². The van der Waals surface area contributed by atoms with E-state index < -0.39 is 21.4 Å². The molecule has 1 aromatic carbocycles. The molecule has 3 aromatic heterocycles. The Morgan fingerprint density at radius 2 is 1.88 bits per heavy atom. The first kappa shape index (κ1) is 21.2. The SMILES string of the molecule is O=C(Cn1cnc2ccc(F)cc2c1=O)N1CCN(S(=O)(=O)c2c[nH]c3ncccc23)CC1. The van der Waals surface area contributed by atoms with Gasteiger partial charge in [0.1, 0.15) is 22.9 Å². The number of rotatable bonds is 4. The molecule has 0 saturated carbocycles. The zero-order chi connectivity index (χ0) is 23.2. The van der Waals surface area contributed by atoms with Gasteiger partial charge in [-0.2, -0.15) is 4.31 Å². The van der Waals surface area contributed by atoms with E-state index in [2.05, 4.69) is 15.0 Å². The van der Waals surface area contributed by atoms with Gasteiger partial charge in [-0.1, -0.05) is 0 Å². The van der Waals surface area contributed by atoms with Crippen LogP contribution in [0.2, 0.25) is 0 Å². The third-order valence-corrected chi connectivity index (χ3v) is 7.65. The van der Waals surface area contributed by atoms with Crippen LogP contribution in [-0.2, 0) is 21.4 Å². The Bertz CT molecular complexity index is 1540. The highest BCUT2D eigenvalue weighted by Gasteiger charge is 2.32. The van der Waals surface area contributed by atoms with Gasteiger partial charge in [0.15, 0.2) is 0 Å². The summed E-state index contributed by atoms with van der Waals surface area (Å²) in [4.78, 5) is 38.1. The quantitative estimate of drug-likeness (QED) is 0.474. The second-order valence-corrected chi connectivity index (χ2v) is 9.58. The molecule has 1 aliphatic heterocycles. The minimum absolute atomic E-state index is 0.0921. The molecule has 12 heteroatoms. The van der Waals surface area contributed by atoms with Crippen molar-refractivity contribution in [2.24, 2.45) is 0 Å². The van der Waals surface area contributed by atoms with Gasteiger partial charge in [0.2, 0.25) is 15.9 Å². The molecule has 1 amide bonds. The number of piperazine rings is 1. The summed E-state index contributed by atoms with van der Waals surface area (Å²) in [6.45, 7) is 0.347. The number of carbonyl (C=O) groups excluding carboxylic acids is 1. The lowest BCUT2D eigenvalue weighted by molar-refractivity contribution is -0.133. The van der Waals surface area contributed by atoms with E-state index in [-0.39, 0.29) is 48.9 Å². The topological polar surface area (TPSA) is 121 Å². The molecule has 0 aliphatic carbocycles. The molecule has 0 spiro atoms. The van der Waals surface area contributed by atoms with Gasteiger partial charge in [0.25, 0.3) is 5.56 Å². The minimum Gasteiger partial charge on any atom is -0.345 e. The van der Waals surface area contributed by atoms with Crippen molar-refractivity contribution in [3.8, 4) is 0 Å². The van der Waals surface area contributed by atoms with Crippen LogP contribution in [0.15, 0.2) is 58.7 Å². The van der Waals surface area contributed by atoms with Crippen LogP contribution in [-0.4, -0.2) is 69.2 Å². The normalized spacial score (nSPS) is 15.4. The van der Waals surface area contributed by atoms with Gasteiger partial charge in [0.05, 0.1) is 17.2 Å². The van der Waals surface area contributed by atoms with Crippen LogP contribution in [0.4, 0.5) is 4.39 Å². The molecule has 4 heterocycles. The van der Waals surface area contributed by atoms with E-state index in [0.29, 0.717) is 16.6 Å². The number of benzene rings is 1. The number of hydrogen-bond donors (Lipinski definition) is 1. The molecule has 1 saturated heterocycles. The van der Waals surface area contributed by atoms with Crippen LogP contribution in [0.5, 0.6) is 0 Å². The van der Waals surface area contributed by atoms with Crippen molar-refractivity contribution in [3.63, 3.8) is 0 Å². The van der Waals surface area contributed by atoms with Gasteiger partial charge in [-0.3, -0.25) is 14.2 Å². The Morgan fingerprint density at radius 3 is 2.67 bits per heavy atom. The lowest BCUT2D eigenvalue weighted by Gasteiger charge is -2.34. The number of carbonyl (C=O) groups is 1. The molecule has 4 aromatic rings. The third kappa shape index (κ3) is 3.76. The van der Waals surface area contributed by atoms with E-state index in [0.717, 1.165) is 10.6 Å². The van der Waals surface area contributed by atoms with Gasteiger partial charge < -0.3 is 9.88 Å². The smallest absolute Gasteiger partial charge is 0.261 e. The molecule has 33 heavy (non-hydrogen) atoms. The van der Waals surface area contributed by atoms with Crippen molar-refractivity contribution in [2.45, 2.75) is 11.4 Å². The number of aromatic amines is 1. The maximum absolute atomic E-state index is 13.5. The number of halogens is 1. The number of H-pyrrole nitrogens is 1. The molecule has 0 radical (unpaired) electrons. The van der Waals surface area contributed by atoms with Crippen LogP contribution in [0.25, 0.3) is 21.9 Å². The monoisotopic (exact) mass is 470 g/mol. The zero-order valence-electron chi connectivity index (χ0n) is 17.3.